The van der Waals surface area contributed by atoms with Crippen molar-refractivity contribution in [3.05, 3.63) is 16.0 Å². The van der Waals surface area contributed by atoms with Crippen LogP contribution >= 0.6 is 15.9 Å². The molecular formula is C14H21BrN4. The third-order valence-electron chi connectivity index (χ3n) is 4.25. The molecule has 1 fully saturated rings. The van der Waals surface area contributed by atoms with Crippen LogP contribution in [0.4, 0.5) is 5.82 Å². The molecular weight excluding hydrogens is 304 g/mol. The van der Waals surface area contributed by atoms with Crippen molar-refractivity contribution >= 4 is 21.7 Å². The van der Waals surface area contributed by atoms with Gasteiger partial charge in [-0.15, -0.1) is 0 Å². The van der Waals surface area contributed by atoms with Gasteiger partial charge in [0.05, 0.1) is 5.69 Å². The van der Waals surface area contributed by atoms with Crippen molar-refractivity contribution in [1.29, 1.82) is 0 Å². The molecule has 0 saturated heterocycles. The molecule has 0 radical (unpaired) electrons. The lowest BCUT2D eigenvalue weighted by Gasteiger charge is -2.27. The molecule has 2 heterocycles. The third kappa shape index (κ3) is 2.92. The minimum absolute atomic E-state index is 0.724. The maximum absolute atomic E-state index is 4.62. The zero-order valence-electron chi connectivity index (χ0n) is 11.5. The summed E-state index contributed by atoms with van der Waals surface area (Å²) in [6.45, 7) is 3.03. The van der Waals surface area contributed by atoms with Crippen LogP contribution in [0, 0.1) is 5.92 Å². The van der Waals surface area contributed by atoms with Crippen LogP contribution in [0.15, 0.2) is 4.73 Å². The van der Waals surface area contributed by atoms with Crippen molar-refractivity contribution < 1.29 is 0 Å². The quantitative estimate of drug-likeness (QED) is 0.867. The highest BCUT2D eigenvalue weighted by Gasteiger charge is 2.22. The molecule has 0 amide bonds. The zero-order valence-corrected chi connectivity index (χ0v) is 13.0. The topological polar surface area (TPSA) is 41.1 Å². The summed E-state index contributed by atoms with van der Waals surface area (Å²) >= 11 is 3.45. The van der Waals surface area contributed by atoms with Gasteiger partial charge in [0.25, 0.3) is 0 Å². The number of nitrogens with zero attached hydrogens (tertiary/aromatic N) is 3. The fraction of sp³-hybridized carbons (Fsp3) is 0.714. The predicted molar refractivity (Wildman–Crippen MR) is 80.4 cm³/mol. The summed E-state index contributed by atoms with van der Waals surface area (Å²) in [5.41, 5.74) is 2.49. The standard InChI is InChI=1S/C14H21BrN4/c1-19(9-10-4-2-3-5-10)13-11-8-16-7-6-12(11)17-14(15)18-13/h10,16H,2-9H2,1H3. The van der Waals surface area contributed by atoms with E-state index in [0.29, 0.717) is 0 Å². The smallest absolute Gasteiger partial charge is 0.198 e. The molecule has 1 aromatic rings. The van der Waals surface area contributed by atoms with Crippen molar-refractivity contribution in [3.8, 4) is 0 Å². The van der Waals surface area contributed by atoms with Crippen molar-refractivity contribution in [2.75, 3.05) is 25.0 Å². The normalized spacial score (nSPS) is 19.5. The molecule has 104 valence electrons. The van der Waals surface area contributed by atoms with E-state index in [1.165, 1.54) is 36.9 Å². The zero-order chi connectivity index (χ0) is 13.2. The highest BCUT2D eigenvalue weighted by atomic mass is 79.9. The Labute approximate surface area is 123 Å². The summed E-state index contributed by atoms with van der Waals surface area (Å²) < 4.78 is 0.724. The molecule has 2 aliphatic rings. The summed E-state index contributed by atoms with van der Waals surface area (Å²) in [4.78, 5) is 11.5. The Kier molecular flexibility index (Phi) is 4.03. The lowest BCUT2D eigenvalue weighted by atomic mass is 10.1. The van der Waals surface area contributed by atoms with Crippen LogP contribution in [-0.2, 0) is 13.0 Å². The van der Waals surface area contributed by atoms with Crippen LogP contribution < -0.4 is 10.2 Å². The lowest BCUT2D eigenvalue weighted by Crippen LogP contribution is -2.31. The average Bonchev–Trinajstić information content (AvgIpc) is 2.90. The van der Waals surface area contributed by atoms with Gasteiger partial charge in [-0.3, -0.25) is 0 Å². The molecule has 0 atom stereocenters. The molecule has 19 heavy (non-hydrogen) atoms. The maximum Gasteiger partial charge on any atom is 0.198 e. The number of rotatable bonds is 3. The minimum atomic E-state index is 0.724. The number of anilines is 1. The van der Waals surface area contributed by atoms with Crippen LogP contribution in [0.5, 0.6) is 0 Å². The second kappa shape index (κ2) is 5.75. The first-order chi connectivity index (χ1) is 9.24. The molecule has 0 aromatic carbocycles. The van der Waals surface area contributed by atoms with Crippen molar-refractivity contribution in [1.82, 2.24) is 15.3 Å². The summed E-state index contributed by atoms with van der Waals surface area (Å²) in [6.07, 6.45) is 6.53. The number of halogens is 1. The molecule has 0 bridgehead atoms. The van der Waals surface area contributed by atoms with Gasteiger partial charge in [-0.1, -0.05) is 12.8 Å². The van der Waals surface area contributed by atoms with Gasteiger partial charge in [-0.2, -0.15) is 0 Å². The van der Waals surface area contributed by atoms with Crippen LogP contribution in [0.3, 0.4) is 0 Å². The molecule has 1 aromatic heterocycles. The summed E-state index contributed by atoms with van der Waals surface area (Å²) in [5.74, 6) is 1.95. The van der Waals surface area contributed by atoms with E-state index in [9.17, 15) is 0 Å². The number of nitrogens with one attached hydrogen (secondary N) is 1. The summed E-state index contributed by atoms with van der Waals surface area (Å²) in [6, 6.07) is 0. The van der Waals surface area contributed by atoms with Gasteiger partial charge in [0.2, 0.25) is 0 Å². The molecule has 1 aliphatic carbocycles. The Balaban J connectivity index is 1.83. The number of aromatic nitrogens is 2. The van der Waals surface area contributed by atoms with Crippen LogP contribution in [0.25, 0.3) is 0 Å². The van der Waals surface area contributed by atoms with Gasteiger partial charge in [-0.05, 0) is 34.7 Å². The summed E-state index contributed by atoms with van der Waals surface area (Å²) in [5, 5.41) is 3.43. The van der Waals surface area contributed by atoms with Crippen molar-refractivity contribution in [2.24, 2.45) is 5.92 Å². The highest BCUT2D eigenvalue weighted by molar-refractivity contribution is 9.10. The van der Waals surface area contributed by atoms with E-state index in [1.54, 1.807) is 0 Å². The van der Waals surface area contributed by atoms with Crippen molar-refractivity contribution in [2.45, 2.75) is 38.6 Å². The van der Waals surface area contributed by atoms with Gasteiger partial charge in [0, 0.05) is 38.7 Å². The Morgan fingerprint density at radius 3 is 2.89 bits per heavy atom. The van der Waals surface area contributed by atoms with Gasteiger partial charge in [-0.25, -0.2) is 9.97 Å². The number of hydrogen-bond donors (Lipinski definition) is 1. The first kappa shape index (κ1) is 13.3. The lowest BCUT2D eigenvalue weighted by molar-refractivity contribution is 0.540. The highest BCUT2D eigenvalue weighted by Crippen LogP contribution is 2.29. The van der Waals surface area contributed by atoms with Gasteiger partial charge in [0.1, 0.15) is 5.82 Å². The fourth-order valence-electron chi connectivity index (χ4n) is 3.28. The maximum atomic E-state index is 4.62. The second-order valence-electron chi connectivity index (χ2n) is 5.70. The average molecular weight is 325 g/mol. The molecule has 0 spiro atoms. The Hall–Kier alpha value is -0.680. The van der Waals surface area contributed by atoms with E-state index in [4.69, 9.17) is 0 Å². The van der Waals surface area contributed by atoms with Gasteiger partial charge < -0.3 is 10.2 Å². The first-order valence-electron chi connectivity index (χ1n) is 7.21. The Bertz CT molecular complexity index is 457. The minimum Gasteiger partial charge on any atom is -0.359 e. The monoisotopic (exact) mass is 324 g/mol. The summed E-state index contributed by atoms with van der Waals surface area (Å²) in [7, 11) is 2.17. The van der Waals surface area contributed by atoms with Crippen LogP contribution in [-0.4, -0.2) is 30.1 Å². The third-order valence-corrected chi connectivity index (χ3v) is 4.61. The van der Waals surface area contributed by atoms with Crippen LogP contribution in [0.2, 0.25) is 0 Å². The molecule has 5 heteroatoms. The molecule has 1 aliphatic heterocycles. The Morgan fingerprint density at radius 2 is 2.11 bits per heavy atom. The molecule has 3 rings (SSSR count). The molecule has 1 N–H and O–H groups in total. The van der Waals surface area contributed by atoms with E-state index in [1.807, 2.05) is 0 Å². The van der Waals surface area contributed by atoms with Gasteiger partial charge in [0.15, 0.2) is 4.73 Å². The fourth-order valence-corrected chi connectivity index (χ4v) is 3.66. The van der Waals surface area contributed by atoms with E-state index in [0.717, 1.165) is 42.5 Å². The van der Waals surface area contributed by atoms with Gasteiger partial charge >= 0.3 is 0 Å². The first-order valence-corrected chi connectivity index (χ1v) is 8.00. The van der Waals surface area contributed by atoms with Crippen LogP contribution in [0.1, 0.15) is 36.9 Å². The number of fused-ring (bicyclic) bond motifs is 1. The molecule has 1 saturated carbocycles. The largest absolute Gasteiger partial charge is 0.359 e. The molecule has 4 nitrogen and oxygen atoms in total. The Morgan fingerprint density at radius 1 is 1.32 bits per heavy atom. The van der Waals surface area contributed by atoms with E-state index < -0.39 is 0 Å². The SMILES string of the molecule is CN(CC1CCCC1)c1nc(Br)nc2c1CNCC2. The van der Waals surface area contributed by atoms with E-state index in [2.05, 4.69) is 43.2 Å². The predicted octanol–water partition coefficient (Wildman–Crippen LogP) is 2.51. The van der Waals surface area contributed by atoms with Crippen molar-refractivity contribution in [3.63, 3.8) is 0 Å². The second-order valence-corrected chi connectivity index (χ2v) is 6.41. The number of hydrogen-bond acceptors (Lipinski definition) is 4. The van der Waals surface area contributed by atoms with E-state index >= 15 is 0 Å². The molecule has 0 unspecified atom stereocenters. The van der Waals surface area contributed by atoms with E-state index in [-0.39, 0.29) is 0 Å².